The van der Waals surface area contributed by atoms with E-state index in [1.165, 1.54) is 33.0 Å². The molecular weight excluding hydrogens is 470 g/mol. The van der Waals surface area contributed by atoms with Crippen LogP contribution >= 0.6 is 11.8 Å². The van der Waals surface area contributed by atoms with Crippen LogP contribution in [0.4, 0.5) is 0 Å². The van der Waals surface area contributed by atoms with Crippen molar-refractivity contribution in [1.29, 1.82) is 0 Å². The first-order chi connectivity index (χ1) is 17.5. The number of allylic oxidation sites excluding steroid dienone is 5. The summed E-state index contributed by atoms with van der Waals surface area (Å²) in [7, 11) is 0. The normalized spacial score (nSPS) is 20.4. The summed E-state index contributed by atoms with van der Waals surface area (Å²) in [5, 5.41) is 9.77. The Bertz CT molecular complexity index is 1240. The number of carbonyl (C=O) groups excluding carboxylic acids is 1. The fourth-order valence-corrected chi connectivity index (χ4v) is 5.51. The second-order valence-electron chi connectivity index (χ2n) is 8.65. The Morgan fingerprint density at radius 1 is 1.14 bits per heavy atom. The Morgan fingerprint density at radius 3 is 2.69 bits per heavy atom. The van der Waals surface area contributed by atoms with Crippen molar-refractivity contribution >= 4 is 17.7 Å². The van der Waals surface area contributed by atoms with Gasteiger partial charge in [-0.2, -0.15) is 0 Å². The molecule has 0 aliphatic carbocycles. The van der Waals surface area contributed by atoms with Crippen LogP contribution in [0.2, 0.25) is 0 Å². The topological polar surface area (TPSA) is 74.6 Å². The number of amides is 1. The molecule has 3 aliphatic heterocycles. The maximum Gasteiger partial charge on any atom is 0.278 e. The van der Waals surface area contributed by atoms with E-state index in [1.54, 1.807) is 4.90 Å². The minimum Gasteiger partial charge on any atom is -0.502 e. The second-order valence-corrected chi connectivity index (χ2v) is 9.67. The van der Waals surface area contributed by atoms with Gasteiger partial charge in [0, 0.05) is 29.0 Å². The van der Waals surface area contributed by atoms with Crippen LogP contribution in [-0.4, -0.2) is 38.6 Å². The molecule has 2 N–H and O–H groups in total. The van der Waals surface area contributed by atoms with Gasteiger partial charge in [-0.15, -0.1) is 24.6 Å². The second kappa shape index (κ2) is 12.9. The number of nitrogens with one attached hydrogen (secondary N) is 1. The molecule has 1 aromatic carbocycles. The number of rotatable bonds is 2. The van der Waals surface area contributed by atoms with E-state index in [0.29, 0.717) is 0 Å². The average molecular weight is 504 g/mol. The average Bonchev–Trinajstić information content (AvgIpc) is 3.10. The van der Waals surface area contributed by atoms with Crippen LogP contribution in [0.15, 0.2) is 82.2 Å². The SMILES string of the molecule is C#C.C/C=C\C=C/C1=CCc2ccccc2SC1.C[C@H]1CCC[C@H]2Nn3ccc(=O)c(O)c3C(=O)N12. The predicted octanol–water partition coefficient (Wildman–Crippen LogP) is 5.09. The van der Waals surface area contributed by atoms with E-state index < -0.39 is 11.2 Å². The number of pyridine rings is 1. The number of thioether (sulfide) groups is 1. The van der Waals surface area contributed by atoms with Crippen LogP contribution in [-0.2, 0) is 6.42 Å². The third-order valence-corrected chi connectivity index (χ3v) is 7.46. The van der Waals surface area contributed by atoms with Gasteiger partial charge in [-0.3, -0.25) is 14.3 Å². The minimum atomic E-state index is -0.528. The highest BCUT2D eigenvalue weighted by Gasteiger charge is 2.39. The van der Waals surface area contributed by atoms with Crippen molar-refractivity contribution < 1.29 is 9.90 Å². The van der Waals surface area contributed by atoms with E-state index in [0.717, 1.165) is 31.4 Å². The van der Waals surface area contributed by atoms with E-state index in [-0.39, 0.29) is 23.8 Å². The zero-order valence-electron chi connectivity index (χ0n) is 20.8. The van der Waals surface area contributed by atoms with Crippen LogP contribution in [0, 0.1) is 12.8 Å². The molecule has 188 valence electrons. The monoisotopic (exact) mass is 503 g/mol. The highest BCUT2D eigenvalue weighted by atomic mass is 32.2. The highest BCUT2D eigenvalue weighted by Crippen LogP contribution is 2.30. The van der Waals surface area contributed by atoms with Crippen LogP contribution in [0.25, 0.3) is 0 Å². The quantitative estimate of drug-likeness (QED) is 0.441. The van der Waals surface area contributed by atoms with Crippen molar-refractivity contribution in [2.75, 3.05) is 11.2 Å². The van der Waals surface area contributed by atoms with E-state index in [9.17, 15) is 14.7 Å². The molecule has 2 aromatic rings. The molecule has 5 rings (SSSR count). The molecule has 6 nitrogen and oxygen atoms in total. The molecule has 1 fully saturated rings. The minimum absolute atomic E-state index is 0.0347. The smallest absolute Gasteiger partial charge is 0.278 e. The van der Waals surface area contributed by atoms with Gasteiger partial charge in [0.25, 0.3) is 5.91 Å². The lowest BCUT2D eigenvalue weighted by molar-refractivity contribution is 0.0436. The van der Waals surface area contributed by atoms with Gasteiger partial charge in [-0.1, -0.05) is 48.6 Å². The Kier molecular flexibility index (Phi) is 9.66. The van der Waals surface area contributed by atoms with Crippen LogP contribution in [0.1, 0.15) is 49.2 Å². The molecule has 4 heterocycles. The van der Waals surface area contributed by atoms with Gasteiger partial charge < -0.3 is 15.4 Å². The first kappa shape index (κ1) is 27.0. The van der Waals surface area contributed by atoms with Crippen molar-refractivity contribution in [2.24, 2.45) is 0 Å². The van der Waals surface area contributed by atoms with E-state index >= 15 is 0 Å². The van der Waals surface area contributed by atoms with Crippen LogP contribution in [0.3, 0.4) is 0 Å². The molecule has 0 saturated carbocycles. The van der Waals surface area contributed by atoms with Gasteiger partial charge in [0.1, 0.15) is 6.17 Å². The zero-order chi connectivity index (χ0) is 26.1. The summed E-state index contributed by atoms with van der Waals surface area (Å²) in [5.41, 5.74) is 5.52. The molecule has 3 aliphatic rings. The standard InChI is InChI=1S/C15H16S.C12H15N3O3.C2H2/c1-2-3-4-7-13-10-11-14-8-5-6-9-15(14)16-12-13;1-7-3-2-4-9-13-14-6-5-8(16)11(17)10(14)12(18)15(7)9;1-2/h2-10H,11-12H2,1H3;5-7,9,13,17H,2-4H2,1H3;1-2H/b3-2-,7-4-;;/t;7-,9-;/m.0./s1. The fourth-order valence-electron chi connectivity index (χ4n) is 4.46. The van der Waals surface area contributed by atoms with Crippen molar-refractivity contribution in [3.8, 4) is 18.6 Å². The molecule has 7 heteroatoms. The van der Waals surface area contributed by atoms with E-state index in [4.69, 9.17) is 0 Å². The molecular formula is C29H33N3O3S. The first-order valence-electron chi connectivity index (χ1n) is 12.1. The van der Waals surface area contributed by atoms with Crippen molar-refractivity contribution in [1.82, 2.24) is 9.58 Å². The lowest BCUT2D eigenvalue weighted by Crippen LogP contribution is -2.58. The lowest BCUT2D eigenvalue weighted by atomic mass is 9.99. The molecule has 1 amide bonds. The van der Waals surface area contributed by atoms with Gasteiger partial charge in [0.2, 0.25) is 5.43 Å². The maximum atomic E-state index is 12.4. The van der Waals surface area contributed by atoms with Crippen molar-refractivity contribution in [2.45, 2.75) is 56.6 Å². The number of hydrogen-bond donors (Lipinski definition) is 2. The molecule has 0 unspecified atom stereocenters. The van der Waals surface area contributed by atoms with Gasteiger partial charge >= 0.3 is 0 Å². The molecule has 36 heavy (non-hydrogen) atoms. The summed E-state index contributed by atoms with van der Waals surface area (Å²) in [6.45, 7) is 4.02. The number of piperidine rings is 1. The number of benzene rings is 1. The van der Waals surface area contributed by atoms with E-state index in [2.05, 4.69) is 72.9 Å². The molecule has 0 bridgehead atoms. The van der Waals surface area contributed by atoms with Crippen molar-refractivity contribution in [3.05, 3.63) is 94.0 Å². The Balaban J connectivity index is 0.000000189. The molecule has 1 aromatic heterocycles. The molecule has 2 atom stereocenters. The summed E-state index contributed by atoms with van der Waals surface area (Å²) in [6, 6.07) is 10.0. The molecule has 0 spiro atoms. The van der Waals surface area contributed by atoms with E-state index in [1.807, 2.05) is 25.6 Å². The van der Waals surface area contributed by atoms with Gasteiger partial charge in [0.15, 0.2) is 11.4 Å². The molecule has 1 saturated heterocycles. The maximum absolute atomic E-state index is 12.4. The summed E-state index contributed by atoms with van der Waals surface area (Å²) in [6.07, 6.45) is 24.1. The Labute approximate surface area is 217 Å². The van der Waals surface area contributed by atoms with Crippen molar-refractivity contribution in [3.63, 3.8) is 0 Å². The number of terminal acetylenes is 1. The number of nitrogens with zero attached hydrogens (tertiary/aromatic N) is 2. The largest absolute Gasteiger partial charge is 0.502 e. The predicted molar refractivity (Wildman–Crippen MR) is 148 cm³/mol. The first-order valence-corrected chi connectivity index (χ1v) is 13.0. The third kappa shape index (κ3) is 6.13. The number of fused-ring (bicyclic) bond motifs is 3. The number of aromatic nitrogens is 1. The number of aromatic hydroxyl groups is 1. The number of hydrogen-bond acceptors (Lipinski definition) is 5. The fraction of sp³-hybridized carbons (Fsp3) is 0.310. The van der Waals surface area contributed by atoms with Gasteiger partial charge in [-0.25, -0.2) is 0 Å². The van der Waals surface area contributed by atoms with Gasteiger partial charge in [-0.05, 0) is 56.7 Å². The summed E-state index contributed by atoms with van der Waals surface area (Å²) in [5.74, 6) is 0.317. The third-order valence-electron chi connectivity index (χ3n) is 6.27. The van der Waals surface area contributed by atoms with Gasteiger partial charge in [0.05, 0.1) is 0 Å². The number of carbonyl (C=O) groups is 1. The highest BCUT2D eigenvalue weighted by molar-refractivity contribution is 7.99. The Morgan fingerprint density at radius 2 is 1.92 bits per heavy atom. The molecule has 0 radical (unpaired) electrons. The van der Waals surface area contributed by atoms with Crippen LogP contribution < -0.4 is 10.9 Å². The lowest BCUT2D eigenvalue weighted by Gasteiger charge is -2.45. The Hall–Kier alpha value is -3.63. The van der Waals surface area contributed by atoms with Crippen LogP contribution in [0.5, 0.6) is 5.75 Å². The summed E-state index contributed by atoms with van der Waals surface area (Å²) < 4.78 is 1.46. The summed E-state index contributed by atoms with van der Waals surface area (Å²) in [4.78, 5) is 27.0. The zero-order valence-corrected chi connectivity index (χ0v) is 21.6. The summed E-state index contributed by atoms with van der Waals surface area (Å²) >= 11 is 1.93.